The Balaban J connectivity index is 1.67. The molecule has 1 atom stereocenters. The van der Waals surface area contributed by atoms with Crippen molar-refractivity contribution in [2.75, 3.05) is 44.7 Å². The van der Waals surface area contributed by atoms with Gasteiger partial charge in [0.2, 0.25) is 0 Å². The van der Waals surface area contributed by atoms with Crippen LogP contribution in [0.3, 0.4) is 0 Å². The lowest BCUT2D eigenvalue weighted by atomic mass is 10.2. The molecule has 0 aromatic carbocycles. The average Bonchev–Trinajstić information content (AvgIpc) is 3.13. The average molecular weight is 286 g/mol. The van der Waals surface area contributed by atoms with Crippen LogP contribution in [0, 0.1) is 0 Å². The molecule has 6 heteroatoms. The first-order valence-corrected chi connectivity index (χ1v) is 7.83. The summed E-state index contributed by atoms with van der Waals surface area (Å²) in [6.07, 6.45) is 4.56. The molecule has 2 fully saturated rings. The van der Waals surface area contributed by atoms with Crippen molar-refractivity contribution in [2.45, 2.75) is 18.9 Å². The van der Waals surface area contributed by atoms with Crippen LogP contribution in [0.2, 0.25) is 0 Å². The van der Waals surface area contributed by atoms with E-state index in [4.69, 9.17) is 0 Å². The summed E-state index contributed by atoms with van der Waals surface area (Å²) < 4.78 is 2.15. The smallest absolute Gasteiger partial charge is 0.162 e. The number of rotatable bonds is 2. The fraction of sp³-hybridized carbons (Fsp3) is 0.600. The van der Waals surface area contributed by atoms with Gasteiger partial charge in [-0.1, -0.05) is 0 Å². The number of fused-ring (bicyclic) bond motifs is 1. The van der Waals surface area contributed by atoms with E-state index >= 15 is 0 Å². The topological polar surface area (TPSA) is 48.7 Å². The summed E-state index contributed by atoms with van der Waals surface area (Å²) in [5.74, 6) is 1.08. The summed E-state index contributed by atoms with van der Waals surface area (Å²) in [5, 5.41) is 12.2. The zero-order valence-electron chi connectivity index (χ0n) is 12.5. The Morgan fingerprint density at radius 2 is 2.05 bits per heavy atom. The van der Waals surface area contributed by atoms with Gasteiger partial charge in [0.05, 0.1) is 6.04 Å². The summed E-state index contributed by atoms with van der Waals surface area (Å²) in [6.45, 7) is 5.37. The number of piperazine rings is 1. The largest absolute Gasteiger partial charge is 0.369 e. The van der Waals surface area contributed by atoms with Gasteiger partial charge < -0.3 is 10.2 Å². The molecule has 1 unspecified atom stereocenters. The number of hydrogen-bond acceptors (Lipinski definition) is 5. The minimum atomic E-state index is 0.407. The molecule has 0 bridgehead atoms. The standard InChI is InChI=1S/C15H22N6/c1-19-7-2-3-13(19)15-18-17-14-11-12(4-8-21(14)15)20-9-5-16-6-10-20/h4,8,11,13,16H,2-3,5-7,9-10H2,1H3. The molecule has 2 aliphatic rings. The predicted molar refractivity (Wildman–Crippen MR) is 82.7 cm³/mol. The molecule has 0 saturated carbocycles. The first-order chi connectivity index (χ1) is 10.3. The molecule has 0 spiro atoms. The number of nitrogens with one attached hydrogen (secondary N) is 1. The molecule has 4 rings (SSSR count). The van der Waals surface area contributed by atoms with Crippen LogP contribution in [-0.4, -0.2) is 59.3 Å². The number of pyridine rings is 1. The van der Waals surface area contributed by atoms with Crippen LogP contribution in [0.15, 0.2) is 18.3 Å². The van der Waals surface area contributed by atoms with Gasteiger partial charge in [-0.25, -0.2) is 0 Å². The van der Waals surface area contributed by atoms with Crippen LogP contribution in [0.5, 0.6) is 0 Å². The second-order valence-electron chi connectivity index (χ2n) is 6.05. The SMILES string of the molecule is CN1CCCC1c1nnc2cc(N3CCNCC3)ccn12. The van der Waals surface area contributed by atoms with E-state index in [0.29, 0.717) is 6.04 Å². The third-order valence-corrected chi connectivity index (χ3v) is 4.72. The Hall–Kier alpha value is -1.66. The summed E-state index contributed by atoms with van der Waals surface area (Å²) in [5.41, 5.74) is 2.21. The molecule has 6 nitrogen and oxygen atoms in total. The Bertz CT molecular complexity index is 630. The lowest BCUT2D eigenvalue weighted by Gasteiger charge is -2.29. The molecule has 112 valence electrons. The molecule has 2 aliphatic heterocycles. The fourth-order valence-electron chi connectivity index (χ4n) is 3.48. The highest BCUT2D eigenvalue weighted by molar-refractivity contribution is 5.56. The van der Waals surface area contributed by atoms with Gasteiger partial charge in [-0.05, 0) is 32.5 Å². The minimum absolute atomic E-state index is 0.407. The van der Waals surface area contributed by atoms with Gasteiger partial charge >= 0.3 is 0 Å². The predicted octanol–water partition coefficient (Wildman–Crippen LogP) is 0.906. The van der Waals surface area contributed by atoms with Gasteiger partial charge in [-0.3, -0.25) is 9.30 Å². The van der Waals surface area contributed by atoms with Crippen molar-refractivity contribution in [1.82, 2.24) is 24.8 Å². The summed E-state index contributed by atoms with van der Waals surface area (Å²) in [7, 11) is 2.17. The molecule has 1 N–H and O–H groups in total. The van der Waals surface area contributed by atoms with E-state index in [0.717, 1.165) is 44.2 Å². The highest BCUT2D eigenvalue weighted by atomic mass is 15.3. The summed E-state index contributed by atoms with van der Waals surface area (Å²) in [6, 6.07) is 4.77. The Morgan fingerprint density at radius 3 is 2.81 bits per heavy atom. The van der Waals surface area contributed by atoms with Crippen molar-refractivity contribution < 1.29 is 0 Å². The van der Waals surface area contributed by atoms with E-state index in [1.165, 1.54) is 18.5 Å². The normalized spacial score (nSPS) is 24.0. The van der Waals surface area contributed by atoms with Gasteiger partial charge in [0.15, 0.2) is 11.5 Å². The third kappa shape index (κ3) is 2.28. The molecule has 4 heterocycles. The molecule has 21 heavy (non-hydrogen) atoms. The van der Waals surface area contributed by atoms with Crippen LogP contribution in [0.1, 0.15) is 24.7 Å². The number of likely N-dealkylation sites (tertiary alicyclic amines) is 1. The number of aromatic nitrogens is 3. The highest BCUT2D eigenvalue weighted by Crippen LogP contribution is 2.29. The van der Waals surface area contributed by atoms with Crippen LogP contribution in [0.4, 0.5) is 5.69 Å². The van der Waals surface area contributed by atoms with Gasteiger partial charge in [0.1, 0.15) is 0 Å². The van der Waals surface area contributed by atoms with Crippen molar-refractivity contribution in [3.05, 3.63) is 24.2 Å². The maximum Gasteiger partial charge on any atom is 0.162 e. The van der Waals surface area contributed by atoms with Crippen molar-refractivity contribution in [1.29, 1.82) is 0 Å². The molecule has 2 aromatic rings. The van der Waals surface area contributed by atoms with Gasteiger partial charge in [-0.15, -0.1) is 10.2 Å². The third-order valence-electron chi connectivity index (χ3n) is 4.72. The van der Waals surface area contributed by atoms with E-state index in [1.807, 2.05) is 0 Å². The summed E-state index contributed by atoms with van der Waals surface area (Å²) in [4.78, 5) is 4.78. The Kier molecular flexibility index (Phi) is 3.27. The first kappa shape index (κ1) is 13.0. The zero-order valence-corrected chi connectivity index (χ0v) is 12.5. The van der Waals surface area contributed by atoms with E-state index in [9.17, 15) is 0 Å². The Labute approximate surface area is 124 Å². The van der Waals surface area contributed by atoms with Crippen molar-refractivity contribution in [3.8, 4) is 0 Å². The molecular formula is C15H22N6. The van der Waals surface area contributed by atoms with Crippen LogP contribution in [-0.2, 0) is 0 Å². The minimum Gasteiger partial charge on any atom is -0.369 e. The van der Waals surface area contributed by atoms with E-state index < -0.39 is 0 Å². The quantitative estimate of drug-likeness (QED) is 0.889. The lowest BCUT2D eigenvalue weighted by molar-refractivity contribution is 0.304. The maximum absolute atomic E-state index is 4.45. The lowest BCUT2D eigenvalue weighted by Crippen LogP contribution is -2.43. The maximum atomic E-state index is 4.45. The zero-order chi connectivity index (χ0) is 14.2. The highest BCUT2D eigenvalue weighted by Gasteiger charge is 2.27. The second kappa shape index (κ2) is 5.27. The second-order valence-corrected chi connectivity index (χ2v) is 6.05. The van der Waals surface area contributed by atoms with Crippen molar-refractivity contribution >= 4 is 11.3 Å². The molecule has 2 aromatic heterocycles. The van der Waals surface area contributed by atoms with Crippen molar-refractivity contribution in [3.63, 3.8) is 0 Å². The molecule has 0 aliphatic carbocycles. The van der Waals surface area contributed by atoms with Crippen LogP contribution < -0.4 is 10.2 Å². The number of anilines is 1. The molecule has 0 amide bonds. The van der Waals surface area contributed by atoms with Crippen molar-refractivity contribution in [2.24, 2.45) is 0 Å². The van der Waals surface area contributed by atoms with E-state index in [2.05, 4.69) is 55.1 Å². The first-order valence-electron chi connectivity index (χ1n) is 7.83. The summed E-state index contributed by atoms with van der Waals surface area (Å²) >= 11 is 0. The number of nitrogens with zero attached hydrogens (tertiary/aromatic N) is 5. The Morgan fingerprint density at radius 1 is 1.19 bits per heavy atom. The van der Waals surface area contributed by atoms with Gasteiger partial charge in [0, 0.05) is 44.1 Å². The number of hydrogen-bond donors (Lipinski definition) is 1. The van der Waals surface area contributed by atoms with Crippen LogP contribution in [0.25, 0.3) is 5.65 Å². The fourth-order valence-corrected chi connectivity index (χ4v) is 3.48. The van der Waals surface area contributed by atoms with Gasteiger partial charge in [0.25, 0.3) is 0 Å². The van der Waals surface area contributed by atoms with E-state index in [-0.39, 0.29) is 0 Å². The monoisotopic (exact) mass is 286 g/mol. The molecule has 0 radical (unpaired) electrons. The molecule has 2 saturated heterocycles. The molecular weight excluding hydrogens is 264 g/mol. The van der Waals surface area contributed by atoms with Crippen LogP contribution >= 0.6 is 0 Å². The van der Waals surface area contributed by atoms with Gasteiger partial charge in [-0.2, -0.15) is 0 Å². The van der Waals surface area contributed by atoms with E-state index in [1.54, 1.807) is 0 Å².